The molecule has 1 N–H and O–H groups in total. The summed E-state index contributed by atoms with van der Waals surface area (Å²) >= 11 is 0. The highest BCUT2D eigenvalue weighted by Crippen LogP contribution is 2.22. The van der Waals surface area contributed by atoms with Crippen LogP contribution in [0.1, 0.15) is 44.9 Å². The van der Waals surface area contributed by atoms with Gasteiger partial charge in [-0.05, 0) is 58.8 Å². The Balaban J connectivity index is 1.54. The Morgan fingerprint density at radius 3 is 2.63 bits per heavy atom. The van der Waals surface area contributed by atoms with Crippen molar-refractivity contribution in [1.29, 1.82) is 0 Å². The van der Waals surface area contributed by atoms with Crippen molar-refractivity contribution in [2.45, 2.75) is 51.0 Å². The van der Waals surface area contributed by atoms with E-state index in [2.05, 4.69) is 29.2 Å². The van der Waals surface area contributed by atoms with Crippen molar-refractivity contribution in [1.82, 2.24) is 15.1 Å². The van der Waals surface area contributed by atoms with Crippen molar-refractivity contribution in [3.05, 3.63) is 0 Å². The van der Waals surface area contributed by atoms with E-state index in [9.17, 15) is 0 Å². The zero-order valence-electron chi connectivity index (χ0n) is 13.0. The Hall–Kier alpha value is -0.120. The number of piperidine rings is 1. The smallest absolute Gasteiger partial charge is 0.0221 e. The molecule has 112 valence electrons. The van der Waals surface area contributed by atoms with Gasteiger partial charge in [0.15, 0.2) is 0 Å². The topological polar surface area (TPSA) is 18.5 Å². The molecule has 1 saturated carbocycles. The van der Waals surface area contributed by atoms with Crippen LogP contribution in [0.15, 0.2) is 0 Å². The molecule has 0 bridgehead atoms. The van der Waals surface area contributed by atoms with Crippen LogP contribution in [0.25, 0.3) is 0 Å². The molecular formula is C16H33N3. The number of likely N-dealkylation sites (tertiary alicyclic amines) is 1. The van der Waals surface area contributed by atoms with Crippen LogP contribution in [0.2, 0.25) is 0 Å². The lowest BCUT2D eigenvalue weighted by Crippen LogP contribution is -2.46. The molecule has 2 rings (SSSR count). The van der Waals surface area contributed by atoms with Gasteiger partial charge < -0.3 is 15.1 Å². The van der Waals surface area contributed by atoms with E-state index in [1.54, 1.807) is 0 Å². The fourth-order valence-corrected chi connectivity index (χ4v) is 3.63. The molecule has 0 aromatic carbocycles. The van der Waals surface area contributed by atoms with Crippen LogP contribution in [0, 0.1) is 5.92 Å². The Kier molecular flexibility index (Phi) is 6.62. The summed E-state index contributed by atoms with van der Waals surface area (Å²) < 4.78 is 0. The molecule has 3 heteroatoms. The summed E-state index contributed by atoms with van der Waals surface area (Å²) in [6, 6.07) is 0.773. The Morgan fingerprint density at radius 1 is 1.11 bits per heavy atom. The van der Waals surface area contributed by atoms with Gasteiger partial charge in [-0.2, -0.15) is 0 Å². The van der Waals surface area contributed by atoms with Crippen LogP contribution in [0.4, 0.5) is 0 Å². The maximum Gasteiger partial charge on any atom is 0.0221 e. The van der Waals surface area contributed by atoms with Crippen LogP contribution in [0.5, 0.6) is 0 Å². The number of likely N-dealkylation sites (N-methyl/N-ethyl adjacent to an activating group) is 2. The van der Waals surface area contributed by atoms with E-state index < -0.39 is 0 Å². The third-order valence-corrected chi connectivity index (χ3v) is 5.02. The lowest BCUT2D eigenvalue weighted by atomic mass is 9.89. The molecule has 1 aliphatic carbocycles. The molecule has 1 aliphatic heterocycles. The monoisotopic (exact) mass is 267 g/mol. The first-order valence-electron chi connectivity index (χ1n) is 8.35. The molecule has 1 atom stereocenters. The van der Waals surface area contributed by atoms with E-state index in [1.807, 2.05) is 0 Å². The van der Waals surface area contributed by atoms with Crippen molar-refractivity contribution in [3.8, 4) is 0 Å². The van der Waals surface area contributed by atoms with Gasteiger partial charge in [0, 0.05) is 25.7 Å². The predicted molar refractivity (Wildman–Crippen MR) is 82.6 cm³/mol. The Morgan fingerprint density at radius 2 is 1.89 bits per heavy atom. The second kappa shape index (κ2) is 8.23. The summed E-state index contributed by atoms with van der Waals surface area (Å²) in [5.74, 6) is 0.958. The summed E-state index contributed by atoms with van der Waals surface area (Å²) in [6.07, 6.45) is 10.0. The SMILES string of the molecule is CN1CCCC(N(C)CCNCC2CCCCC2)C1. The van der Waals surface area contributed by atoms with Gasteiger partial charge in [-0.3, -0.25) is 0 Å². The van der Waals surface area contributed by atoms with E-state index in [0.29, 0.717) is 0 Å². The summed E-state index contributed by atoms with van der Waals surface area (Å²) in [6.45, 7) is 6.14. The van der Waals surface area contributed by atoms with Gasteiger partial charge in [-0.1, -0.05) is 19.3 Å². The minimum atomic E-state index is 0.773. The van der Waals surface area contributed by atoms with Gasteiger partial charge in [0.05, 0.1) is 0 Å². The molecule has 0 radical (unpaired) electrons. The molecule has 1 unspecified atom stereocenters. The third-order valence-electron chi connectivity index (χ3n) is 5.02. The van der Waals surface area contributed by atoms with Crippen LogP contribution >= 0.6 is 0 Å². The van der Waals surface area contributed by atoms with Crippen LogP contribution in [0.3, 0.4) is 0 Å². The Bertz CT molecular complexity index is 238. The minimum Gasteiger partial charge on any atom is -0.315 e. The van der Waals surface area contributed by atoms with Crippen molar-refractivity contribution in [2.75, 3.05) is 46.8 Å². The van der Waals surface area contributed by atoms with Gasteiger partial charge in [0.25, 0.3) is 0 Å². The number of hydrogen-bond donors (Lipinski definition) is 1. The Labute approximate surface area is 119 Å². The minimum absolute atomic E-state index is 0.773. The lowest BCUT2D eigenvalue weighted by molar-refractivity contribution is 0.134. The van der Waals surface area contributed by atoms with Crippen LogP contribution < -0.4 is 5.32 Å². The standard InChI is InChI=1S/C16H33N3/c1-18-11-6-9-16(14-18)19(2)12-10-17-13-15-7-4-3-5-8-15/h15-17H,3-14H2,1-2H3. The van der Waals surface area contributed by atoms with Crippen LogP contribution in [-0.2, 0) is 0 Å². The molecular weight excluding hydrogens is 234 g/mol. The molecule has 19 heavy (non-hydrogen) atoms. The second-order valence-electron chi connectivity index (χ2n) is 6.75. The number of hydrogen-bond acceptors (Lipinski definition) is 3. The zero-order valence-corrected chi connectivity index (χ0v) is 13.0. The van der Waals surface area contributed by atoms with Gasteiger partial charge >= 0.3 is 0 Å². The van der Waals surface area contributed by atoms with E-state index in [-0.39, 0.29) is 0 Å². The largest absolute Gasteiger partial charge is 0.315 e. The zero-order chi connectivity index (χ0) is 13.5. The maximum atomic E-state index is 3.68. The summed E-state index contributed by atoms with van der Waals surface area (Å²) in [4.78, 5) is 5.03. The van der Waals surface area contributed by atoms with Crippen molar-refractivity contribution < 1.29 is 0 Å². The highest BCUT2D eigenvalue weighted by Gasteiger charge is 2.20. The first kappa shape index (κ1) is 15.3. The van der Waals surface area contributed by atoms with Crippen molar-refractivity contribution >= 4 is 0 Å². The molecule has 0 aromatic heterocycles. The normalized spacial score (nSPS) is 27.0. The summed E-state index contributed by atoms with van der Waals surface area (Å²) in [7, 11) is 4.55. The highest BCUT2D eigenvalue weighted by molar-refractivity contribution is 4.78. The molecule has 0 aromatic rings. The molecule has 2 fully saturated rings. The molecule has 1 saturated heterocycles. The fraction of sp³-hybridized carbons (Fsp3) is 1.00. The second-order valence-corrected chi connectivity index (χ2v) is 6.75. The molecule has 3 nitrogen and oxygen atoms in total. The van der Waals surface area contributed by atoms with Gasteiger partial charge in [0.2, 0.25) is 0 Å². The fourth-order valence-electron chi connectivity index (χ4n) is 3.63. The van der Waals surface area contributed by atoms with Crippen molar-refractivity contribution in [3.63, 3.8) is 0 Å². The molecule has 0 amide bonds. The van der Waals surface area contributed by atoms with Gasteiger partial charge in [-0.25, -0.2) is 0 Å². The van der Waals surface area contributed by atoms with E-state index in [0.717, 1.165) is 18.5 Å². The third kappa shape index (κ3) is 5.41. The molecule has 2 aliphatic rings. The van der Waals surface area contributed by atoms with E-state index in [4.69, 9.17) is 0 Å². The first-order valence-corrected chi connectivity index (χ1v) is 8.35. The lowest BCUT2D eigenvalue weighted by Gasteiger charge is -2.36. The maximum absolute atomic E-state index is 3.68. The first-order chi connectivity index (χ1) is 9.25. The average Bonchev–Trinajstić information content (AvgIpc) is 2.44. The average molecular weight is 267 g/mol. The molecule has 1 heterocycles. The number of nitrogens with zero attached hydrogens (tertiary/aromatic N) is 2. The predicted octanol–water partition coefficient (Wildman–Crippen LogP) is 2.18. The van der Waals surface area contributed by atoms with E-state index >= 15 is 0 Å². The van der Waals surface area contributed by atoms with Gasteiger partial charge in [0.1, 0.15) is 0 Å². The number of rotatable bonds is 6. The summed E-state index contributed by atoms with van der Waals surface area (Å²) in [5.41, 5.74) is 0. The van der Waals surface area contributed by atoms with E-state index in [1.165, 1.54) is 71.1 Å². The van der Waals surface area contributed by atoms with Crippen LogP contribution in [-0.4, -0.2) is 62.7 Å². The highest BCUT2D eigenvalue weighted by atomic mass is 15.2. The number of nitrogens with one attached hydrogen (secondary N) is 1. The quantitative estimate of drug-likeness (QED) is 0.744. The summed E-state index contributed by atoms with van der Waals surface area (Å²) in [5, 5.41) is 3.68. The molecule has 0 spiro atoms. The van der Waals surface area contributed by atoms with Crippen molar-refractivity contribution in [2.24, 2.45) is 5.92 Å². The van der Waals surface area contributed by atoms with Gasteiger partial charge in [-0.15, -0.1) is 0 Å².